The highest BCUT2D eigenvalue weighted by molar-refractivity contribution is 7.95. The van der Waals surface area contributed by atoms with Crippen LogP contribution in [-0.4, -0.2) is 8.42 Å². The van der Waals surface area contributed by atoms with Crippen LogP contribution in [-0.2, 0) is 16.6 Å². The van der Waals surface area contributed by atoms with Crippen molar-refractivity contribution in [2.24, 2.45) is 0 Å². The van der Waals surface area contributed by atoms with Crippen LogP contribution >= 0.6 is 23.2 Å². The molecule has 0 radical (unpaired) electrons. The molecule has 0 fully saturated rings. The van der Waals surface area contributed by atoms with Crippen molar-refractivity contribution in [1.29, 1.82) is 0 Å². The maximum absolute atomic E-state index is 13.2. The standard InChI is InChI=1S/C22H19Cl2NO2S/c1-17-5-2-7-19(13-17)16-25(22-10-4-9-21(24)15-22)28(26,27)12-11-18-6-3-8-20(23)14-18/h2-15H,16H2,1H3. The fourth-order valence-corrected chi connectivity index (χ4v) is 4.38. The van der Waals surface area contributed by atoms with Crippen molar-refractivity contribution in [3.63, 3.8) is 0 Å². The van der Waals surface area contributed by atoms with E-state index in [2.05, 4.69) is 0 Å². The summed E-state index contributed by atoms with van der Waals surface area (Å²) in [6.07, 6.45) is 1.54. The van der Waals surface area contributed by atoms with E-state index in [0.717, 1.165) is 11.1 Å². The summed E-state index contributed by atoms with van der Waals surface area (Å²) in [4.78, 5) is 0. The Balaban J connectivity index is 1.99. The summed E-state index contributed by atoms with van der Waals surface area (Å²) in [5.41, 5.74) is 3.16. The number of anilines is 1. The molecular formula is C22H19Cl2NO2S. The molecule has 0 aliphatic heterocycles. The average Bonchev–Trinajstić information content (AvgIpc) is 2.65. The lowest BCUT2D eigenvalue weighted by atomic mass is 10.1. The van der Waals surface area contributed by atoms with E-state index in [0.29, 0.717) is 21.3 Å². The number of aryl methyl sites for hydroxylation is 1. The molecule has 3 aromatic rings. The minimum absolute atomic E-state index is 0.199. The molecule has 28 heavy (non-hydrogen) atoms. The van der Waals surface area contributed by atoms with Gasteiger partial charge >= 0.3 is 0 Å². The van der Waals surface area contributed by atoms with Crippen LogP contribution in [0.4, 0.5) is 5.69 Å². The summed E-state index contributed by atoms with van der Waals surface area (Å²) < 4.78 is 27.6. The summed E-state index contributed by atoms with van der Waals surface area (Å²) in [6, 6.07) is 21.6. The smallest absolute Gasteiger partial charge is 0.257 e. The van der Waals surface area contributed by atoms with Gasteiger partial charge in [0.05, 0.1) is 17.6 Å². The summed E-state index contributed by atoms with van der Waals surface area (Å²) in [5, 5.41) is 2.21. The fourth-order valence-electron chi connectivity index (χ4n) is 2.78. The Morgan fingerprint density at radius 2 is 1.57 bits per heavy atom. The SMILES string of the molecule is Cc1cccc(CN(c2cccc(Cl)c2)S(=O)(=O)C=Cc2cccc(Cl)c2)c1. The number of hydrogen-bond donors (Lipinski definition) is 0. The minimum atomic E-state index is -3.76. The van der Waals surface area contributed by atoms with Gasteiger partial charge in [-0.2, -0.15) is 0 Å². The van der Waals surface area contributed by atoms with Crippen LogP contribution < -0.4 is 4.31 Å². The number of halogens is 2. The lowest BCUT2D eigenvalue weighted by Gasteiger charge is -2.23. The number of sulfonamides is 1. The number of hydrogen-bond acceptors (Lipinski definition) is 2. The van der Waals surface area contributed by atoms with Crippen LogP contribution in [0.25, 0.3) is 6.08 Å². The van der Waals surface area contributed by atoms with Gasteiger partial charge in [0.2, 0.25) is 0 Å². The Bertz CT molecular complexity index is 1110. The fraction of sp³-hybridized carbons (Fsp3) is 0.0909. The summed E-state index contributed by atoms with van der Waals surface area (Å²) in [5.74, 6) is 0. The number of rotatable bonds is 6. The monoisotopic (exact) mass is 431 g/mol. The quantitative estimate of drug-likeness (QED) is 0.458. The van der Waals surface area contributed by atoms with Crippen LogP contribution in [0.5, 0.6) is 0 Å². The lowest BCUT2D eigenvalue weighted by molar-refractivity contribution is 0.599. The lowest BCUT2D eigenvalue weighted by Crippen LogP contribution is -2.28. The zero-order valence-corrected chi connectivity index (χ0v) is 17.5. The Hall–Kier alpha value is -2.27. The zero-order chi connectivity index (χ0) is 20.1. The first-order chi connectivity index (χ1) is 13.3. The second kappa shape index (κ2) is 8.82. The molecule has 3 nitrogen and oxygen atoms in total. The maximum atomic E-state index is 13.2. The number of nitrogens with zero attached hydrogens (tertiary/aromatic N) is 1. The maximum Gasteiger partial charge on any atom is 0.257 e. The van der Waals surface area contributed by atoms with Crippen molar-refractivity contribution < 1.29 is 8.42 Å². The Morgan fingerprint density at radius 3 is 2.25 bits per heavy atom. The van der Waals surface area contributed by atoms with Crippen molar-refractivity contribution >= 4 is 45.0 Å². The van der Waals surface area contributed by atoms with Crippen LogP contribution in [0, 0.1) is 6.92 Å². The molecule has 0 aromatic heterocycles. The first kappa shape index (κ1) is 20.5. The van der Waals surface area contributed by atoms with Gasteiger partial charge < -0.3 is 0 Å². The van der Waals surface area contributed by atoms with Gasteiger partial charge in [0, 0.05) is 10.0 Å². The zero-order valence-electron chi connectivity index (χ0n) is 15.2. The van der Waals surface area contributed by atoms with Gasteiger partial charge in [0.15, 0.2) is 0 Å². The van der Waals surface area contributed by atoms with Crippen molar-refractivity contribution in [2.45, 2.75) is 13.5 Å². The molecule has 0 spiro atoms. The Kier molecular flexibility index (Phi) is 6.45. The third kappa shape index (κ3) is 5.38. The van der Waals surface area contributed by atoms with Crippen molar-refractivity contribution in [1.82, 2.24) is 0 Å². The Morgan fingerprint density at radius 1 is 0.893 bits per heavy atom. The predicted octanol–water partition coefficient (Wildman–Crippen LogP) is 6.31. The molecule has 0 N–H and O–H groups in total. The molecule has 0 heterocycles. The van der Waals surface area contributed by atoms with Gasteiger partial charge in [-0.15, -0.1) is 0 Å². The van der Waals surface area contributed by atoms with E-state index in [9.17, 15) is 8.42 Å². The largest absolute Gasteiger partial charge is 0.262 e. The second-order valence-corrected chi connectivity index (χ2v) is 8.99. The van der Waals surface area contributed by atoms with E-state index in [1.807, 2.05) is 31.2 Å². The first-order valence-corrected chi connectivity index (χ1v) is 10.9. The van der Waals surface area contributed by atoms with E-state index < -0.39 is 10.0 Å². The van der Waals surface area contributed by atoms with E-state index in [1.165, 1.54) is 15.8 Å². The topological polar surface area (TPSA) is 37.4 Å². The van der Waals surface area contributed by atoms with Gasteiger partial charge in [-0.25, -0.2) is 8.42 Å². The molecule has 0 atom stereocenters. The molecular weight excluding hydrogens is 413 g/mol. The second-order valence-electron chi connectivity index (χ2n) is 6.38. The van der Waals surface area contributed by atoms with Gasteiger partial charge in [0.25, 0.3) is 10.0 Å². The van der Waals surface area contributed by atoms with E-state index in [-0.39, 0.29) is 6.54 Å². The molecule has 3 rings (SSSR count). The molecule has 0 bridgehead atoms. The van der Waals surface area contributed by atoms with E-state index >= 15 is 0 Å². The van der Waals surface area contributed by atoms with Crippen molar-refractivity contribution in [3.05, 3.63) is 105 Å². The molecule has 6 heteroatoms. The highest BCUT2D eigenvalue weighted by atomic mass is 35.5. The average molecular weight is 432 g/mol. The highest BCUT2D eigenvalue weighted by Gasteiger charge is 2.20. The molecule has 0 saturated heterocycles. The van der Waals surface area contributed by atoms with Crippen LogP contribution in [0.3, 0.4) is 0 Å². The number of benzene rings is 3. The van der Waals surface area contributed by atoms with E-state index in [1.54, 1.807) is 48.5 Å². The van der Waals surface area contributed by atoms with Crippen LogP contribution in [0.1, 0.15) is 16.7 Å². The molecule has 0 amide bonds. The summed E-state index contributed by atoms with van der Waals surface area (Å²) in [6.45, 7) is 2.17. The van der Waals surface area contributed by atoms with Gasteiger partial charge in [0.1, 0.15) is 0 Å². The summed E-state index contributed by atoms with van der Waals surface area (Å²) >= 11 is 12.1. The first-order valence-electron chi connectivity index (χ1n) is 8.61. The molecule has 144 valence electrons. The highest BCUT2D eigenvalue weighted by Crippen LogP contribution is 2.26. The molecule has 0 unspecified atom stereocenters. The van der Waals surface area contributed by atoms with Crippen LogP contribution in [0.2, 0.25) is 10.0 Å². The third-order valence-electron chi connectivity index (χ3n) is 4.09. The van der Waals surface area contributed by atoms with Gasteiger partial charge in [-0.3, -0.25) is 4.31 Å². The third-order valence-corrected chi connectivity index (χ3v) is 6.00. The Labute approximate surface area is 175 Å². The van der Waals surface area contributed by atoms with Gasteiger partial charge in [-0.1, -0.05) is 71.2 Å². The van der Waals surface area contributed by atoms with Crippen LogP contribution in [0.15, 0.2) is 78.2 Å². The minimum Gasteiger partial charge on any atom is -0.262 e. The molecule has 0 aliphatic carbocycles. The van der Waals surface area contributed by atoms with E-state index in [4.69, 9.17) is 23.2 Å². The normalized spacial score (nSPS) is 11.7. The summed E-state index contributed by atoms with van der Waals surface area (Å²) in [7, 11) is -3.76. The molecule has 3 aromatic carbocycles. The van der Waals surface area contributed by atoms with Gasteiger partial charge in [-0.05, 0) is 54.5 Å². The molecule has 0 saturated carbocycles. The predicted molar refractivity (Wildman–Crippen MR) is 118 cm³/mol. The molecule has 0 aliphatic rings. The van der Waals surface area contributed by atoms with Crippen molar-refractivity contribution in [3.8, 4) is 0 Å². The van der Waals surface area contributed by atoms with Crippen molar-refractivity contribution in [2.75, 3.05) is 4.31 Å².